The average molecular weight is 336 g/mol. The molecule has 1 aromatic heterocycles. The third-order valence-corrected chi connectivity index (χ3v) is 5.93. The van der Waals surface area contributed by atoms with Crippen LogP contribution in [0.3, 0.4) is 0 Å². The lowest BCUT2D eigenvalue weighted by atomic mass is 9.94. The Morgan fingerprint density at radius 3 is 1.96 bits per heavy atom. The molecule has 0 fully saturated rings. The van der Waals surface area contributed by atoms with Crippen molar-refractivity contribution in [3.05, 3.63) is 97.1 Å². The van der Waals surface area contributed by atoms with Crippen LogP contribution in [-0.4, -0.2) is 0 Å². The van der Waals surface area contributed by atoms with Gasteiger partial charge in [0.05, 0.1) is 0 Å². The van der Waals surface area contributed by atoms with E-state index in [1.54, 1.807) is 0 Å². The number of hydrogen-bond acceptors (Lipinski definition) is 1. The van der Waals surface area contributed by atoms with E-state index in [1.165, 1.54) is 42.4 Å². The Balaban J connectivity index is 1.83. The second-order valence-corrected chi connectivity index (χ2v) is 7.24. The zero-order valence-corrected chi connectivity index (χ0v) is 14.5. The van der Waals surface area contributed by atoms with Gasteiger partial charge in [-0.25, -0.2) is 0 Å². The number of benzene rings is 4. The fourth-order valence-corrected chi connectivity index (χ4v) is 4.78. The Bertz CT molecular complexity index is 1180. The van der Waals surface area contributed by atoms with E-state index >= 15 is 0 Å². The van der Waals surface area contributed by atoms with Gasteiger partial charge in [0.2, 0.25) is 0 Å². The van der Waals surface area contributed by atoms with Crippen LogP contribution in [0, 0.1) is 0 Å². The highest BCUT2D eigenvalue weighted by molar-refractivity contribution is 7.26. The maximum Gasteiger partial charge on any atom is 0.0434 e. The van der Waals surface area contributed by atoms with Crippen molar-refractivity contribution < 1.29 is 0 Å². The van der Waals surface area contributed by atoms with Crippen LogP contribution in [0.1, 0.15) is 0 Å². The molecule has 0 nitrogen and oxygen atoms in total. The topological polar surface area (TPSA) is 0 Å². The van der Waals surface area contributed by atoms with Crippen molar-refractivity contribution in [2.45, 2.75) is 0 Å². The normalized spacial score (nSPS) is 11.2. The molecule has 0 bridgehead atoms. The molecule has 1 heterocycles. The first-order valence-electron chi connectivity index (χ1n) is 8.47. The van der Waals surface area contributed by atoms with E-state index in [2.05, 4.69) is 97.1 Å². The lowest BCUT2D eigenvalue weighted by Gasteiger charge is -2.11. The van der Waals surface area contributed by atoms with Crippen molar-refractivity contribution in [2.24, 2.45) is 0 Å². The van der Waals surface area contributed by atoms with E-state index in [4.69, 9.17) is 0 Å². The Kier molecular flexibility index (Phi) is 3.39. The summed E-state index contributed by atoms with van der Waals surface area (Å²) in [6, 6.07) is 34.7. The second-order valence-electron chi connectivity index (χ2n) is 6.19. The van der Waals surface area contributed by atoms with Crippen LogP contribution in [0.25, 0.3) is 42.4 Å². The maximum atomic E-state index is 2.25. The van der Waals surface area contributed by atoms with Crippen LogP contribution in [0.5, 0.6) is 0 Å². The van der Waals surface area contributed by atoms with Crippen molar-refractivity contribution in [1.82, 2.24) is 0 Å². The molecule has 0 aliphatic rings. The molecule has 0 amide bonds. The molecule has 0 unspecified atom stereocenters. The quantitative estimate of drug-likeness (QED) is 0.315. The van der Waals surface area contributed by atoms with Gasteiger partial charge in [-0.15, -0.1) is 11.3 Å². The molecule has 0 N–H and O–H groups in total. The first kappa shape index (κ1) is 14.4. The number of rotatable bonds is 2. The summed E-state index contributed by atoms with van der Waals surface area (Å²) in [6.07, 6.45) is 0. The van der Waals surface area contributed by atoms with Gasteiger partial charge in [0.15, 0.2) is 0 Å². The van der Waals surface area contributed by atoms with E-state index in [9.17, 15) is 0 Å². The predicted molar refractivity (Wildman–Crippen MR) is 110 cm³/mol. The van der Waals surface area contributed by atoms with Crippen molar-refractivity contribution in [1.29, 1.82) is 0 Å². The average Bonchev–Trinajstić information content (AvgIpc) is 3.07. The van der Waals surface area contributed by atoms with Gasteiger partial charge in [-0.2, -0.15) is 0 Å². The Morgan fingerprint density at radius 2 is 1.08 bits per heavy atom. The Hall–Kier alpha value is -2.90. The molecule has 5 rings (SSSR count). The van der Waals surface area contributed by atoms with Gasteiger partial charge >= 0.3 is 0 Å². The highest BCUT2D eigenvalue weighted by Crippen LogP contribution is 2.42. The minimum absolute atomic E-state index is 1.26. The van der Waals surface area contributed by atoms with Gasteiger partial charge in [-0.1, -0.05) is 91.0 Å². The maximum absolute atomic E-state index is 2.25. The fraction of sp³-hybridized carbons (Fsp3) is 0. The molecule has 118 valence electrons. The lowest BCUT2D eigenvalue weighted by molar-refractivity contribution is 1.60. The first-order valence-corrected chi connectivity index (χ1v) is 9.28. The second kappa shape index (κ2) is 5.87. The molecule has 0 aliphatic heterocycles. The monoisotopic (exact) mass is 336 g/mol. The largest absolute Gasteiger partial charge is 0.135 e. The molecule has 0 saturated heterocycles. The highest BCUT2D eigenvalue weighted by Gasteiger charge is 2.13. The standard InChI is InChI=1S/C24H16S/c1-2-9-17(10-3-1)18-11-4-5-12-19(18)21-14-8-15-22-20-13-6-7-16-23(20)25-24(21)22/h1-16H. The summed E-state index contributed by atoms with van der Waals surface area (Å²) >= 11 is 1.89. The van der Waals surface area contributed by atoms with E-state index in [0.717, 1.165) is 0 Å². The predicted octanol–water partition coefficient (Wildman–Crippen LogP) is 7.39. The molecule has 0 spiro atoms. The molecule has 0 aliphatic carbocycles. The first-order chi connectivity index (χ1) is 12.4. The fourth-order valence-electron chi connectivity index (χ4n) is 3.55. The smallest absolute Gasteiger partial charge is 0.0434 e. The van der Waals surface area contributed by atoms with E-state index in [0.29, 0.717) is 0 Å². The van der Waals surface area contributed by atoms with Gasteiger partial charge in [0.1, 0.15) is 0 Å². The molecule has 4 aromatic carbocycles. The van der Waals surface area contributed by atoms with Crippen LogP contribution >= 0.6 is 11.3 Å². The van der Waals surface area contributed by atoms with E-state index in [-0.39, 0.29) is 0 Å². The van der Waals surface area contributed by atoms with Gasteiger partial charge in [0, 0.05) is 25.7 Å². The third kappa shape index (κ3) is 2.36. The SMILES string of the molecule is c1ccc(-c2ccccc2-c2cccc3c2sc2ccccc23)cc1. The summed E-state index contributed by atoms with van der Waals surface area (Å²) in [4.78, 5) is 0. The minimum Gasteiger partial charge on any atom is -0.135 e. The molecule has 1 heteroatoms. The summed E-state index contributed by atoms with van der Waals surface area (Å²) in [7, 11) is 0. The number of thiophene rings is 1. The van der Waals surface area contributed by atoms with Gasteiger partial charge in [0.25, 0.3) is 0 Å². The van der Waals surface area contributed by atoms with Crippen LogP contribution in [0.4, 0.5) is 0 Å². The Labute approximate surface area is 151 Å². The van der Waals surface area contributed by atoms with Crippen LogP contribution in [0.15, 0.2) is 97.1 Å². The highest BCUT2D eigenvalue weighted by atomic mass is 32.1. The lowest BCUT2D eigenvalue weighted by Crippen LogP contribution is -1.85. The van der Waals surface area contributed by atoms with E-state index < -0.39 is 0 Å². The minimum atomic E-state index is 1.26. The van der Waals surface area contributed by atoms with Gasteiger partial charge in [-0.05, 0) is 22.8 Å². The third-order valence-electron chi connectivity index (χ3n) is 4.71. The Morgan fingerprint density at radius 1 is 0.440 bits per heavy atom. The molecular weight excluding hydrogens is 320 g/mol. The van der Waals surface area contributed by atoms with Gasteiger partial charge in [-0.3, -0.25) is 0 Å². The summed E-state index contributed by atoms with van der Waals surface area (Å²) in [5, 5.41) is 2.70. The molecular formula is C24H16S. The summed E-state index contributed by atoms with van der Waals surface area (Å²) < 4.78 is 2.72. The zero-order chi connectivity index (χ0) is 16.6. The number of fused-ring (bicyclic) bond motifs is 3. The van der Waals surface area contributed by atoms with Crippen molar-refractivity contribution in [3.63, 3.8) is 0 Å². The van der Waals surface area contributed by atoms with Crippen LogP contribution < -0.4 is 0 Å². The molecule has 0 saturated carbocycles. The zero-order valence-electron chi connectivity index (χ0n) is 13.6. The number of hydrogen-bond donors (Lipinski definition) is 0. The summed E-state index contributed by atoms with van der Waals surface area (Å²) in [5.41, 5.74) is 5.16. The van der Waals surface area contributed by atoms with Gasteiger partial charge < -0.3 is 0 Å². The summed E-state index contributed by atoms with van der Waals surface area (Å²) in [5.74, 6) is 0. The van der Waals surface area contributed by atoms with E-state index in [1.807, 2.05) is 11.3 Å². The molecule has 25 heavy (non-hydrogen) atoms. The molecule has 0 atom stereocenters. The van der Waals surface area contributed by atoms with Crippen LogP contribution in [0.2, 0.25) is 0 Å². The molecule has 5 aromatic rings. The van der Waals surface area contributed by atoms with Crippen molar-refractivity contribution in [2.75, 3.05) is 0 Å². The van der Waals surface area contributed by atoms with Crippen LogP contribution in [-0.2, 0) is 0 Å². The van der Waals surface area contributed by atoms with Crippen molar-refractivity contribution in [3.8, 4) is 22.3 Å². The summed E-state index contributed by atoms with van der Waals surface area (Å²) in [6.45, 7) is 0. The van der Waals surface area contributed by atoms with Crippen molar-refractivity contribution >= 4 is 31.5 Å². The molecule has 0 radical (unpaired) electrons.